The van der Waals surface area contributed by atoms with Crippen LogP contribution in [0.2, 0.25) is 5.02 Å². The molecule has 7 rings (SSSR count). The van der Waals surface area contributed by atoms with Gasteiger partial charge in [-0.15, -0.1) is 0 Å². The fraction of sp³-hybridized carbons (Fsp3) is 0.383. The highest BCUT2D eigenvalue weighted by Crippen LogP contribution is 2.37. The van der Waals surface area contributed by atoms with Crippen LogP contribution in [0, 0.1) is 25.2 Å². The monoisotopic (exact) mass is 784 g/mol. The average molecular weight is 785 g/mol. The second-order valence-electron chi connectivity index (χ2n) is 15.2. The summed E-state index contributed by atoms with van der Waals surface area (Å²) in [6, 6.07) is 27.1. The number of piperazine rings is 1. The van der Waals surface area contributed by atoms with Gasteiger partial charge in [-0.1, -0.05) is 54.4 Å². The Morgan fingerprint density at radius 3 is 2.39 bits per heavy atom. The van der Waals surface area contributed by atoms with Crippen molar-refractivity contribution in [2.75, 3.05) is 50.8 Å². The predicted molar refractivity (Wildman–Crippen MR) is 227 cm³/mol. The van der Waals surface area contributed by atoms with E-state index in [1.54, 1.807) is 18.5 Å². The summed E-state index contributed by atoms with van der Waals surface area (Å²) in [6.07, 6.45) is 9.74. The number of rotatable bonds is 15. The number of piperidine rings is 1. The molecule has 1 atom stereocenters. The molecule has 2 aliphatic rings. The Hall–Kier alpha value is -5.14. The van der Waals surface area contributed by atoms with E-state index in [0.29, 0.717) is 35.6 Å². The van der Waals surface area contributed by atoms with E-state index in [2.05, 4.69) is 100 Å². The zero-order valence-electron chi connectivity index (χ0n) is 33.4. The number of nitrogens with zero attached hydrogens (tertiary/aromatic N) is 6. The molecule has 9 nitrogen and oxygen atoms in total. The number of benzene rings is 3. The quantitative estimate of drug-likeness (QED) is 0.0964. The van der Waals surface area contributed by atoms with E-state index >= 15 is 0 Å². The van der Waals surface area contributed by atoms with Crippen molar-refractivity contribution < 1.29 is 14.2 Å². The van der Waals surface area contributed by atoms with Crippen molar-refractivity contribution >= 4 is 17.4 Å². The second-order valence-corrected chi connectivity index (χ2v) is 15.6. The van der Waals surface area contributed by atoms with Gasteiger partial charge in [0.25, 0.3) is 0 Å². The first-order valence-electron chi connectivity index (χ1n) is 20.2. The van der Waals surface area contributed by atoms with E-state index in [-0.39, 0.29) is 6.61 Å². The Labute approximate surface area is 342 Å². The molecule has 0 unspecified atom stereocenters. The van der Waals surface area contributed by atoms with Crippen LogP contribution in [0.25, 0.3) is 11.1 Å². The summed E-state index contributed by atoms with van der Waals surface area (Å²) in [7, 11) is 0. The van der Waals surface area contributed by atoms with E-state index in [4.69, 9.17) is 25.8 Å². The summed E-state index contributed by atoms with van der Waals surface area (Å²) in [4.78, 5) is 16.1. The average Bonchev–Trinajstić information content (AvgIpc) is 3.24. The molecule has 2 fully saturated rings. The van der Waals surface area contributed by atoms with Crippen LogP contribution in [0.1, 0.15) is 66.0 Å². The van der Waals surface area contributed by atoms with Gasteiger partial charge in [-0.25, -0.2) is 4.98 Å². The molecule has 0 N–H and O–H groups in total. The fourth-order valence-electron chi connectivity index (χ4n) is 7.91. The van der Waals surface area contributed by atoms with Crippen LogP contribution in [-0.4, -0.2) is 71.7 Å². The van der Waals surface area contributed by atoms with Crippen molar-refractivity contribution in [3.8, 4) is 34.4 Å². The molecular weight excluding hydrogens is 732 g/mol. The molecule has 0 amide bonds. The number of nitriles is 1. The maximum atomic E-state index is 9.38. The first-order valence-corrected chi connectivity index (χ1v) is 20.6. The molecule has 10 heteroatoms. The minimum absolute atomic E-state index is 0.278. The predicted octanol–water partition coefficient (Wildman–Crippen LogP) is 9.41. The summed E-state index contributed by atoms with van der Waals surface area (Å²) in [5.41, 5.74) is 8.00. The van der Waals surface area contributed by atoms with Gasteiger partial charge in [-0.05, 0) is 105 Å². The molecule has 0 aliphatic carbocycles. The highest BCUT2D eigenvalue weighted by atomic mass is 35.5. The largest absolute Gasteiger partial charge is 0.493 e. The summed E-state index contributed by atoms with van der Waals surface area (Å²) in [5, 5.41) is 9.93. The van der Waals surface area contributed by atoms with E-state index in [1.807, 2.05) is 24.4 Å². The molecule has 57 heavy (non-hydrogen) atoms. The minimum Gasteiger partial charge on any atom is -0.493 e. The van der Waals surface area contributed by atoms with Gasteiger partial charge >= 0.3 is 0 Å². The standard InChI is InChI=1S/C47H53ClN6O3/c1-34-11-5-7-19-54(34)31-40-26-43(48)46(27-45(40)56-32-38-25-37(28-49)29-50-30-38)57-33-39-12-8-13-41(35(39)2)42-14-9-15-44(36(42)3)55-24-10-18-52-20-22-53(23-21-52)47-16-4-6-17-51-47/h4,6,8-9,12-17,25-27,29-30,34H,5,7,10-11,18-24,31-33H2,1-3H3/t34-/m1/s1. The van der Waals surface area contributed by atoms with Gasteiger partial charge < -0.3 is 19.1 Å². The van der Waals surface area contributed by atoms with Crippen molar-refractivity contribution in [2.45, 2.75) is 72.3 Å². The third-order valence-electron chi connectivity index (χ3n) is 11.4. The van der Waals surface area contributed by atoms with Crippen LogP contribution in [0.3, 0.4) is 0 Å². The van der Waals surface area contributed by atoms with Crippen molar-refractivity contribution in [1.29, 1.82) is 5.26 Å². The number of hydrogen-bond donors (Lipinski definition) is 0. The van der Waals surface area contributed by atoms with Crippen LogP contribution >= 0.6 is 11.6 Å². The molecule has 0 bridgehead atoms. The Bertz CT molecular complexity index is 2150. The van der Waals surface area contributed by atoms with Gasteiger partial charge in [0.15, 0.2) is 0 Å². The normalized spacial score (nSPS) is 16.3. The van der Waals surface area contributed by atoms with Gasteiger partial charge in [0, 0.05) is 81.1 Å². The topological polar surface area (TPSA) is 87.0 Å². The van der Waals surface area contributed by atoms with Crippen LogP contribution < -0.4 is 19.1 Å². The molecule has 2 aliphatic heterocycles. The third-order valence-corrected chi connectivity index (χ3v) is 11.7. The summed E-state index contributed by atoms with van der Waals surface area (Å²) >= 11 is 6.94. The van der Waals surface area contributed by atoms with Gasteiger partial charge in [0.2, 0.25) is 0 Å². The van der Waals surface area contributed by atoms with Gasteiger partial charge in [0.05, 0.1) is 17.2 Å². The van der Waals surface area contributed by atoms with Crippen molar-refractivity contribution in [2.24, 2.45) is 0 Å². The summed E-state index contributed by atoms with van der Waals surface area (Å²) in [6.45, 7) is 14.7. The third kappa shape index (κ3) is 10.2. The molecule has 5 aromatic rings. The molecule has 0 saturated carbocycles. The first-order chi connectivity index (χ1) is 27.9. The second kappa shape index (κ2) is 19.3. The lowest BCUT2D eigenvalue weighted by Crippen LogP contribution is -2.47. The molecule has 0 radical (unpaired) electrons. The van der Waals surface area contributed by atoms with Crippen LogP contribution in [0.5, 0.6) is 17.2 Å². The minimum atomic E-state index is 0.278. The molecule has 4 heterocycles. The smallest absolute Gasteiger partial charge is 0.142 e. The Kier molecular flexibility index (Phi) is 13.6. The number of anilines is 1. The van der Waals surface area contributed by atoms with E-state index in [1.165, 1.54) is 19.3 Å². The zero-order valence-corrected chi connectivity index (χ0v) is 34.2. The van der Waals surface area contributed by atoms with Crippen molar-refractivity contribution in [1.82, 2.24) is 19.8 Å². The summed E-state index contributed by atoms with van der Waals surface area (Å²) < 4.78 is 19.3. The summed E-state index contributed by atoms with van der Waals surface area (Å²) in [5.74, 6) is 3.27. The number of halogens is 1. The van der Waals surface area contributed by atoms with Crippen molar-refractivity contribution in [3.63, 3.8) is 0 Å². The van der Waals surface area contributed by atoms with Gasteiger partial charge in [-0.2, -0.15) is 5.26 Å². The molecular formula is C47H53ClN6O3. The lowest BCUT2D eigenvalue weighted by atomic mass is 9.93. The number of likely N-dealkylation sites (tertiary alicyclic amines) is 1. The first kappa shape index (κ1) is 40.1. The highest BCUT2D eigenvalue weighted by Gasteiger charge is 2.22. The molecule has 2 aromatic heterocycles. The number of aromatic nitrogens is 2. The number of pyridine rings is 2. The fourth-order valence-corrected chi connectivity index (χ4v) is 8.15. The highest BCUT2D eigenvalue weighted by molar-refractivity contribution is 6.32. The molecule has 296 valence electrons. The van der Waals surface area contributed by atoms with E-state index in [9.17, 15) is 5.26 Å². The van der Waals surface area contributed by atoms with E-state index in [0.717, 1.165) is 108 Å². The lowest BCUT2D eigenvalue weighted by molar-refractivity contribution is 0.150. The SMILES string of the molecule is Cc1c(COc2cc(OCc3cncc(C#N)c3)c(CN3CCCC[C@H]3C)cc2Cl)cccc1-c1cccc(OCCCN2CCN(c3ccccn3)CC2)c1C. The maximum Gasteiger partial charge on any atom is 0.142 e. The number of hydrogen-bond acceptors (Lipinski definition) is 9. The molecule has 3 aromatic carbocycles. The zero-order chi connectivity index (χ0) is 39.6. The van der Waals surface area contributed by atoms with Gasteiger partial charge in [-0.3, -0.25) is 14.8 Å². The van der Waals surface area contributed by atoms with Gasteiger partial charge in [0.1, 0.15) is 42.3 Å². The van der Waals surface area contributed by atoms with Crippen LogP contribution in [0.15, 0.2) is 91.4 Å². The Balaban J connectivity index is 0.995. The number of ether oxygens (including phenoxy) is 3. The van der Waals surface area contributed by atoms with Crippen LogP contribution in [-0.2, 0) is 19.8 Å². The maximum absolute atomic E-state index is 9.38. The Morgan fingerprint density at radius 1 is 0.789 bits per heavy atom. The Morgan fingerprint density at radius 2 is 1.60 bits per heavy atom. The van der Waals surface area contributed by atoms with Crippen LogP contribution in [0.4, 0.5) is 5.82 Å². The van der Waals surface area contributed by atoms with Crippen molar-refractivity contribution in [3.05, 3.63) is 130 Å². The van der Waals surface area contributed by atoms with E-state index < -0.39 is 0 Å². The molecule has 2 saturated heterocycles. The molecule has 0 spiro atoms. The lowest BCUT2D eigenvalue weighted by Gasteiger charge is -2.35.